The predicted molar refractivity (Wildman–Crippen MR) is 88.4 cm³/mol. The number of aryl methyl sites for hydroxylation is 1. The molecule has 0 spiro atoms. The summed E-state index contributed by atoms with van der Waals surface area (Å²) in [5, 5.41) is 4.79. The molecule has 110 valence electrons. The fourth-order valence-corrected chi connectivity index (χ4v) is 3.52. The number of nitrogens with one attached hydrogen (secondary N) is 1. The number of pyridine rings is 1. The highest BCUT2D eigenvalue weighted by atomic mass is 15.2. The molecule has 4 nitrogen and oxygen atoms in total. The van der Waals surface area contributed by atoms with Crippen molar-refractivity contribution in [1.82, 2.24) is 9.88 Å². The molecule has 0 bridgehead atoms. The van der Waals surface area contributed by atoms with E-state index >= 15 is 0 Å². The third kappa shape index (κ3) is 2.14. The Hall–Kier alpha value is -1.81. The van der Waals surface area contributed by atoms with Gasteiger partial charge in [-0.25, -0.2) is 0 Å². The zero-order valence-electron chi connectivity index (χ0n) is 12.8. The van der Waals surface area contributed by atoms with Gasteiger partial charge in [-0.1, -0.05) is 0 Å². The van der Waals surface area contributed by atoms with Crippen molar-refractivity contribution < 1.29 is 0 Å². The molecule has 1 saturated heterocycles. The first-order valence-corrected chi connectivity index (χ1v) is 7.82. The molecule has 4 heteroatoms. The van der Waals surface area contributed by atoms with E-state index in [-0.39, 0.29) is 0 Å². The van der Waals surface area contributed by atoms with Crippen molar-refractivity contribution in [3.8, 4) is 0 Å². The molecule has 3 heterocycles. The molecule has 0 radical (unpaired) electrons. The lowest BCUT2D eigenvalue weighted by molar-refractivity contribution is 0.313. The zero-order chi connectivity index (χ0) is 14.4. The van der Waals surface area contributed by atoms with Crippen LogP contribution in [0.1, 0.15) is 11.1 Å². The molecule has 4 rings (SSSR count). The third-order valence-corrected chi connectivity index (χ3v) is 4.78. The van der Waals surface area contributed by atoms with Gasteiger partial charge in [0.2, 0.25) is 0 Å². The second-order valence-corrected chi connectivity index (χ2v) is 6.28. The summed E-state index contributed by atoms with van der Waals surface area (Å²) in [4.78, 5) is 9.59. The number of rotatable bonds is 1. The highest BCUT2D eigenvalue weighted by Gasteiger charge is 2.20. The molecule has 0 atom stereocenters. The second-order valence-electron chi connectivity index (χ2n) is 6.28. The number of aromatic nitrogens is 1. The Morgan fingerprint density at radius 2 is 1.95 bits per heavy atom. The number of nitrogens with zero attached hydrogens (tertiary/aromatic N) is 3. The maximum absolute atomic E-state index is 4.66. The molecular weight excluding hydrogens is 260 g/mol. The molecule has 21 heavy (non-hydrogen) atoms. The number of likely N-dealkylation sites (N-methyl/N-ethyl adjacent to an activating group) is 1. The van der Waals surface area contributed by atoms with E-state index in [1.54, 1.807) is 0 Å². The van der Waals surface area contributed by atoms with Crippen LogP contribution < -0.4 is 10.2 Å². The molecule has 1 aromatic heterocycles. The Labute approximate surface area is 125 Å². The molecule has 0 aliphatic carbocycles. The van der Waals surface area contributed by atoms with E-state index in [1.165, 1.54) is 27.9 Å². The van der Waals surface area contributed by atoms with Crippen LogP contribution in [0, 0.1) is 6.92 Å². The molecule has 2 aliphatic rings. The molecule has 0 amide bonds. The van der Waals surface area contributed by atoms with Crippen LogP contribution in [0.4, 0.5) is 11.4 Å². The Balaban J connectivity index is 1.85. The van der Waals surface area contributed by atoms with Crippen LogP contribution in [0.25, 0.3) is 10.9 Å². The number of fused-ring (bicyclic) bond motifs is 2. The summed E-state index contributed by atoms with van der Waals surface area (Å²) >= 11 is 0. The Morgan fingerprint density at radius 1 is 1.14 bits per heavy atom. The van der Waals surface area contributed by atoms with Crippen molar-refractivity contribution in [1.29, 1.82) is 0 Å². The summed E-state index contributed by atoms with van der Waals surface area (Å²) in [6.45, 7) is 7.69. The predicted octanol–water partition coefficient (Wildman–Crippen LogP) is 2.26. The average molecular weight is 282 g/mol. The van der Waals surface area contributed by atoms with Gasteiger partial charge >= 0.3 is 0 Å². The van der Waals surface area contributed by atoms with Gasteiger partial charge in [0.1, 0.15) is 0 Å². The maximum atomic E-state index is 4.66. The topological polar surface area (TPSA) is 31.4 Å². The second kappa shape index (κ2) is 4.88. The van der Waals surface area contributed by atoms with Gasteiger partial charge in [-0.05, 0) is 43.7 Å². The van der Waals surface area contributed by atoms with Crippen molar-refractivity contribution in [2.75, 3.05) is 50.0 Å². The Morgan fingerprint density at radius 3 is 2.76 bits per heavy atom. The standard InChI is InChI=1S/C17H22N4/c1-12-11-19-16-9-13-3-4-18-15(13)10-14(16)17(12)21-7-5-20(2)6-8-21/h9-11,18H,3-8H2,1-2H3. The number of anilines is 2. The Kier molecular flexibility index (Phi) is 3.00. The van der Waals surface area contributed by atoms with Gasteiger partial charge in [-0.2, -0.15) is 0 Å². The van der Waals surface area contributed by atoms with E-state index in [2.05, 4.69) is 46.2 Å². The first-order valence-electron chi connectivity index (χ1n) is 7.82. The van der Waals surface area contributed by atoms with Crippen molar-refractivity contribution in [2.24, 2.45) is 0 Å². The van der Waals surface area contributed by atoms with Crippen LogP contribution in [0.2, 0.25) is 0 Å². The van der Waals surface area contributed by atoms with E-state index < -0.39 is 0 Å². The summed E-state index contributed by atoms with van der Waals surface area (Å²) in [7, 11) is 2.20. The van der Waals surface area contributed by atoms with Crippen LogP contribution >= 0.6 is 0 Å². The minimum atomic E-state index is 1.05. The van der Waals surface area contributed by atoms with E-state index in [4.69, 9.17) is 0 Å². The fourth-order valence-electron chi connectivity index (χ4n) is 3.52. The number of benzene rings is 1. The van der Waals surface area contributed by atoms with Gasteiger partial charge < -0.3 is 15.1 Å². The van der Waals surface area contributed by atoms with Gasteiger partial charge in [-0.15, -0.1) is 0 Å². The first kappa shape index (κ1) is 12.9. The zero-order valence-corrected chi connectivity index (χ0v) is 12.8. The smallest absolute Gasteiger partial charge is 0.0727 e. The number of hydrogen-bond acceptors (Lipinski definition) is 4. The quantitative estimate of drug-likeness (QED) is 0.869. The molecule has 1 N–H and O–H groups in total. The van der Waals surface area contributed by atoms with Gasteiger partial charge in [0.15, 0.2) is 0 Å². The maximum Gasteiger partial charge on any atom is 0.0727 e. The molecule has 0 unspecified atom stereocenters. The van der Waals surface area contributed by atoms with Gasteiger partial charge in [0, 0.05) is 50.0 Å². The van der Waals surface area contributed by atoms with Crippen LogP contribution in [-0.4, -0.2) is 49.7 Å². The summed E-state index contributed by atoms with van der Waals surface area (Å²) in [6, 6.07) is 4.58. The molecule has 1 fully saturated rings. The van der Waals surface area contributed by atoms with Crippen molar-refractivity contribution in [2.45, 2.75) is 13.3 Å². The first-order chi connectivity index (χ1) is 10.2. The van der Waals surface area contributed by atoms with Crippen LogP contribution in [0.5, 0.6) is 0 Å². The largest absolute Gasteiger partial charge is 0.384 e. The highest BCUT2D eigenvalue weighted by Crippen LogP contribution is 2.35. The SMILES string of the molecule is Cc1cnc2cc3c(cc2c1N1CCN(C)CC1)NCC3. The van der Waals surface area contributed by atoms with E-state index in [1.807, 2.05) is 6.20 Å². The molecule has 0 saturated carbocycles. The summed E-state index contributed by atoms with van der Waals surface area (Å²) in [5.41, 5.74) is 6.50. The van der Waals surface area contributed by atoms with Crippen molar-refractivity contribution >= 4 is 22.3 Å². The summed E-state index contributed by atoms with van der Waals surface area (Å²) in [6.07, 6.45) is 3.15. The van der Waals surface area contributed by atoms with E-state index in [0.29, 0.717) is 0 Å². The number of hydrogen-bond donors (Lipinski definition) is 1. The lowest BCUT2D eigenvalue weighted by Crippen LogP contribution is -2.44. The van der Waals surface area contributed by atoms with Crippen molar-refractivity contribution in [3.05, 3.63) is 29.5 Å². The van der Waals surface area contributed by atoms with Crippen LogP contribution in [0.3, 0.4) is 0 Å². The molecule has 2 aromatic rings. The normalized spacial score (nSPS) is 18.9. The third-order valence-electron chi connectivity index (χ3n) is 4.78. The van der Waals surface area contributed by atoms with E-state index in [0.717, 1.165) is 44.7 Å². The highest BCUT2D eigenvalue weighted by molar-refractivity contribution is 5.96. The van der Waals surface area contributed by atoms with Crippen LogP contribution in [-0.2, 0) is 6.42 Å². The molecular formula is C17H22N4. The van der Waals surface area contributed by atoms with Gasteiger partial charge in [0.25, 0.3) is 0 Å². The fraction of sp³-hybridized carbons (Fsp3) is 0.471. The molecule has 2 aliphatic heterocycles. The summed E-state index contributed by atoms with van der Waals surface area (Å²) < 4.78 is 0. The van der Waals surface area contributed by atoms with E-state index in [9.17, 15) is 0 Å². The van der Waals surface area contributed by atoms with Gasteiger partial charge in [-0.3, -0.25) is 4.98 Å². The summed E-state index contributed by atoms with van der Waals surface area (Å²) in [5.74, 6) is 0. The lowest BCUT2D eigenvalue weighted by Gasteiger charge is -2.35. The number of piperazine rings is 1. The Bertz CT molecular complexity index is 687. The van der Waals surface area contributed by atoms with Crippen molar-refractivity contribution in [3.63, 3.8) is 0 Å². The lowest BCUT2D eigenvalue weighted by atomic mass is 10.0. The average Bonchev–Trinajstić information content (AvgIpc) is 2.94. The monoisotopic (exact) mass is 282 g/mol. The van der Waals surface area contributed by atoms with Gasteiger partial charge in [0.05, 0.1) is 11.2 Å². The molecule has 1 aromatic carbocycles. The minimum absolute atomic E-state index is 1.05. The van der Waals surface area contributed by atoms with Crippen LogP contribution in [0.15, 0.2) is 18.3 Å². The minimum Gasteiger partial charge on any atom is -0.384 e.